The number of aromatic nitrogens is 4. The minimum Gasteiger partial charge on any atom is -0.493 e. The van der Waals surface area contributed by atoms with Crippen molar-refractivity contribution in [1.82, 2.24) is 25.9 Å². The van der Waals surface area contributed by atoms with Crippen LogP contribution in [0.25, 0.3) is 0 Å². The third kappa shape index (κ3) is 4.36. The van der Waals surface area contributed by atoms with E-state index in [9.17, 15) is 4.79 Å². The average molecular weight is 316 g/mol. The Kier molecular flexibility index (Phi) is 5.14. The van der Waals surface area contributed by atoms with Crippen LogP contribution in [0.4, 0.5) is 0 Å². The lowest BCUT2D eigenvalue weighted by molar-refractivity contribution is -0.121. The number of amides is 1. The predicted octanol–water partition coefficient (Wildman–Crippen LogP) is 1.59. The summed E-state index contributed by atoms with van der Waals surface area (Å²) in [6.07, 6.45) is 0.206. The molecule has 0 unspecified atom stereocenters. The number of aromatic amines is 1. The fourth-order valence-electron chi connectivity index (χ4n) is 1.35. The summed E-state index contributed by atoms with van der Waals surface area (Å²) in [5, 5.41) is 16.6. The summed E-state index contributed by atoms with van der Waals surface area (Å²) in [5.74, 6) is 0.809. The summed E-state index contributed by atoms with van der Waals surface area (Å²) in [7, 11) is 0. The normalized spacial score (nSPS) is 10.3. The minimum absolute atomic E-state index is 0.171. The van der Waals surface area contributed by atoms with Gasteiger partial charge in [0.2, 0.25) is 5.91 Å². The SMILES string of the molecule is O=C(CCOc1ccc(Cl)c(Cl)c1)NCc1nn[nH]n1. The molecule has 0 aliphatic rings. The number of hydrogen-bond donors (Lipinski definition) is 2. The van der Waals surface area contributed by atoms with E-state index in [4.69, 9.17) is 27.9 Å². The van der Waals surface area contributed by atoms with Crippen molar-refractivity contribution in [3.8, 4) is 5.75 Å². The molecule has 20 heavy (non-hydrogen) atoms. The maximum Gasteiger partial charge on any atom is 0.223 e. The van der Waals surface area contributed by atoms with Crippen molar-refractivity contribution in [3.05, 3.63) is 34.1 Å². The van der Waals surface area contributed by atoms with Crippen LogP contribution in [-0.4, -0.2) is 33.1 Å². The molecular formula is C11H11Cl2N5O2. The number of halogens is 2. The maximum atomic E-state index is 11.5. The molecule has 2 aromatic rings. The molecule has 0 aliphatic heterocycles. The van der Waals surface area contributed by atoms with Gasteiger partial charge >= 0.3 is 0 Å². The van der Waals surface area contributed by atoms with Crippen LogP contribution in [-0.2, 0) is 11.3 Å². The summed E-state index contributed by atoms with van der Waals surface area (Å²) in [4.78, 5) is 11.5. The van der Waals surface area contributed by atoms with Crippen LogP contribution >= 0.6 is 23.2 Å². The lowest BCUT2D eigenvalue weighted by atomic mass is 10.3. The van der Waals surface area contributed by atoms with Gasteiger partial charge in [0, 0.05) is 6.07 Å². The van der Waals surface area contributed by atoms with Gasteiger partial charge in [0.1, 0.15) is 5.75 Å². The molecule has 0 fully saturated rings. The van der Waals surface area contributed by atoms with Crippen LogP contribution in [0.15, 0.2) is 18.2 Å². The Hall–Kier alpha value is -1.86. The maximum absolute atomic E-state index is 11.5. The number of benzene rings is 1. The largest absolute Gasteiger partial charge is 0.493 e. The van der Waals surface area contributed by atoms with Gasteiger partial charge < -0.3 is 10.1 Å². The molecule has 1 heterocycles. The second-order valence-electron chi connectivity index (χ2n) is 3.78. The van der Waals surface area contributed by atoms with E-state index in [0.717, 1.165) is 0 Å². The van der Waals surface area contributed by atoms with Crippen LogP contribution in [0.1, 0.15) is 12.2 Å². The zero-order valence-electron chi connectivity index (χ0n) is 10.3. The zero-order valence-corrected chi connectivity index (χ0v) is 11.8. The fraction of sp³-hybridized carbons (Fsp3) is 0.273. The first-order valence-electron chi connectivity index (χ1n) is 5.72. The number of carbonyl (C=O) groups is 1. The van der Waals surface area contributed by atoms with E-state index in [-0.39, 0.29) is 25.5 Å². The lowest BCUT2D eigenvalue weighted by Crippen LogP contribution is -2.25. The highest BCUT2D eigenvalue weighted by Gasteiger charge is 2.05. The monoisotopic (exact) mass is 315 g/mol. The lowest BCUT2D eigenvalue weighted by Gasteiger charge is -2.07. The molecule has 0 atom stereocenters. The molecule has 1 aromatic heterocycles. The van der Waals surface area contributed by atoms with Gasteiger partial charge in [0.15, 0.2) is 5.82 Å². The smallest absolute Gasteiger partial charge is 0.223 e. The number of ether oxygens (including phenoxy) is 1. The van der Waals surface area contributed by atoms with Gasteiger partial charge in [-0.05, 0) is 12.1 Å². The molecule has 0 bridgehead atoms. The number of hydrogen-bond acceptors (Lipinski definition) is 5. The van der Waals surface area contributed by atoms with Gasteiger partial charge in [-0.15, -0.1) is 10.2 Å². The third-order valence-corrected chi connectivity index (χ3v) is 3.06. The molecule has 7 nitrogen and oxygen atoms in total. The van der Waals surface area contributed by atoms with Gasteiger partial charge in [0.05, 0.1) is 29.6 Å². The van der Waals surface area contributed by atoms with Crippen LogP contribution in [0.5, 0.6) is 5.75 Å². The van der Waals surface area contributed by atoms with Gasteiger partial charge in [-0.25, -0.2) is 0 Å². The quantitative estimate of drug-likeness (QED) is 0.844. The van der Waals surface area contributed by atoms with Crippen molar-refractivity contribution in [1.29, 1.82) is 0 Å². The molecule has 0 radical (unpaired) electrons. The van der Waals surface area contributed by atoms with Crippen molar-refractivity contribution in [2.24, 2.45) is 0 Å². The number of tetrazole rings is 1. The third-order valence-electron chi connectivity index (χ3n) is 2.32. The Morgan fingerprint density at radius 1 is 1.35 bits per heavy atom. The van der Waals surface area contributed by atoms with E-state index in [1.165, 1.54) is 0 Å². The number of carbonyl (C=O) groups excluding carboxylic acids is 1. The molecule has 9 heteroatoms. The molecule has 0 aliphatic carbocycles. The predicted molar refractivity (Wildman–Crippen MR) is 72.6 cm³/mol. The van der Waals surface area contributed by atoms with E-state index < -0.39 is 0 Å². The van der Waals surface area contributed by atoms with E-state index in [1.807, 2.05) is 0 Å². The van der Waals surface area contributed by atoms with Crippen molar-refractivity contribution in [3.63, 3.8) is 0 Å². The fourth-order valence-corrected chi connectivity index (χ4v) is 1.64. The summed E-state index contributed by atoms with van der Waals surface area (Å²) < 4.78 is 5.40. The van der Waals surface area contributed by atoms with E-state index in [1.54, 1.807) is 18.2 Å². The highest BCUT2D eigenvalue weighted by molar-refractivity contribution is 6.42. The molecule has 0 spiro atoms. The van der Waals surface area contributed by atoms with Crippen LogP contribution in [0.3, 0.4) is 0 Å². The second-order valence-corrected chi connectivity index (χ2v) is 4.59. The Bertz CT molecular complexity index is 576. The van der Waals surface area contributed by atoms with Crippen molar-refractivity contribution in [2.75, 3.05) is 6.61 Å². The number of nitrogens with one attached hydrogen (secondary N) is 2. The summed E-state index contributed by atoms with van der Waals surface area (Å²) >= 11 is 11.6. The topological polar surface area (TPSA) is 92.8 Å². The average Bonchev–Trinajstić information content (AvgIpc) is 2.94. The summed E-state index contributed by atoms with van der Waals surface area (Å²) in [6.45, 7) is 0.456. The summed E-state index contributed by atoms with van der Waals surface area (Å²) in [5.41, 5.74) is 0. The van der Waals surface area contributed by atoms with Gasteiger partial charge in [-0.2, -0.15) is 5.21 Å². The molecule has 0 saturated carbocycles. The van der Waals surface area contributed by atoms with Crippen molar-refractivity contribution < 1.29 is 9.53 Å². The second kappa shape index (κ2) is 7.06. The first-order chi connectivity index (χ1) is 9.65. The van der Waals surface area contributed by atoms with Gasteiger partial charge in [-0.3, -0.25) is 4.79 Å². The van der Waals surface area contributed by atoms with Gasteiger partial charge in [0.25, 0.3) is 0 Å². The Labute approximate surface area is 124 Å². The highest BCUT2D eigenvalue weighted by atomic mass is 35.5. The number of rotatable bonds is 6. The molecule has 0 saturated heterocycles. The molecule has 1 aromatic carbocycles. The molecule has 1 amide bonds. The first-order valence-corrected chi connectivity index (χ1v) is 6.47. The minimum atomic E-state index is -0.171. The highest BCUT2D eigenvalue weighted by Crippen LogP contribution is 2.26. The van der Waals surface area contributed by atoms with Crippen LogP contribution in [0, 0.1) is 0 Å². The molecule has 2 N–H and O–H groups in total. The van der Waals surface area contributed by atoms with Gasteiger partial charge in [-0.1, -0.05) is 28.4 Å². The van der Waals surface area contributed by atoms with E-state index in [0.29, 0.717) is 21.6 Å². The molecular weight excluding hydrogens is 305 g/mol. The van der Waals surface area contributed by atoms with Crippen LogP contribution < -0.4 is 10.1 Å². The van der Waals surface area contributed by atoms with E-state index >= 15 is 0 Å². The van der Waals surface area contributed by atoms with Crippen LogP contribution in [0.2, 0.25) is 10.0 Å². The molecule has 2 rings (SSSR count). The zero-order chi connectivity index (χ0) is 14.4. The summed E-state index contributed by atoms with van der Waals surface area (Å²) in [6, 6.07) is 4.92. The standard InChI is InChI=1S/C11H11Cl2N5O2/c12-8-2-1-7(5-9(8)13)20-4-3-11(19)14-6-10-15-17-18-16-10/h1-2,5H,3-4,6H2,(H,14,19)(H,15,16,17,18). The number of nitrogens with zero attached hydrogens (tertiary/aromatic N) is 3. The Balaban J connectivity index is 1.69. The first kappa shape index (κ1) is 14.5. The Morgan fingerprint density at radius 3 is 2.90 bits per heavy atom. The molecule has 106 valence electrons. The van der Waals surface area contributed by atoms with Crippen molar-refractivity contribution in [2.45, 2.75) is 13.0 Å². The number of H-pyrrole nitrogens is 1. The van der Waals surface area contributed by atoms with E-state index in [2.05, 4.69) is 25.9 Å². The Morgan fingerprint density at radius 2 is 2.20 bits per heavy atom. The van der Waals surface area contributed by atoms with Crippen molar-refractivity contribution >= 4 is 29.1 Å².